The number of benzene rings is 1. The molecule has 3 rings (SSSR count). The molecule has 1 N–H and O–H groups in total. The minimum Gasteiger partial charge on any atom is -0.444 e. The lowest BCUT2D eigenvalue weighted by molar-refractivity contribution is 0.0147. The Labute approximate surface area is 182 Å². The summed E-state index contributed by atoms with van der Waals surface area (Å²) in [5, 5.41) is 3.86. The van der Waals surface area contributed by atoms with E-state index in [4.69, 9.17) is 4.74 Å². The van der Waals surface area contributed by atoms with Gasteiger partial charge >= 0.3 is 6.09 Å². The minimum absolute atomic E-state index is 0.0223. The molecule has 0 radical (unpaired) electrons. The van der Waals surface area contributed by atoms with E-state index in [2.05, 4.69) is 49.2 Å². The summed E-state index contributed by atoms with van der Waals surface area (Å²) in [4.78, 5) is 14.3. The summed E-state index contributed by atoms with van der Waals surface area (Å²) in [5.74, 6) is 0.629. The first kappa shape index (κ1) is 22.6. The Hall–Kier alpha value is -2.07. The molecule has 0 bridgehead atoms. The number of carbonyl (C=O) groups excluding carboxylic acids is 1. The van der Waals surface area contributed by atoms with Gasteiger partial charge in [-0.1, -0.05) is 43.4 Å². The highest BCUT2D eigenvalue weighted by molar-refractivity contribution is 5.68. The summed E-state index contributed by atoms with van der Waals surface area (Å²) in [6.45, 7) is 14.3. The topological polar surface area (TPSA) is 41.6 Å². The maximum absolute atomic E-state index is 12.4. The summed E-state index contributed by atoms with van der Waals surface area (Å²) in [6.07, 6.45) is 11.4. The van der Waals surface area contributed by atoms with Crippen LogP contribution >= 0.6 is 0 Å². The lowest BCUT2D eigenvalue weighted by Gasteiger charge is -2.42. The second kappa shape index (κ2) is 9.38. The molecule has 4 heteroatoms. The lowest BCUT2D eigenvalue weighted by Crippen LogP contribution is -2.54. The second-order valence-electron chi connectivity index (χ2n) is 9.76. The molecular formula is C26H38N2O2. The molecule has 30 heavy (non-hydrogen) atoms. The van der Waals surface area contributed by atoms with Gasteiger partial charge in [-0.3, -0.25) is 0 Å². The van der Waals surface area contributed by atoms with E-state index in [1.807, 2.05) is 31.7 Å². The molecular weight excluding hydrogens is 372 g/mol. The zero-order valence-electron chi connectivity index (χ0n) is 19.2. The Kier molecular flexibility index (Phi) is 7.07. The summed E-state index contributed by atoms with van der Waals surface area (Å²) in [7, 11) is 0. The molecule has 0 saturated carbocycles. The van der Waals surface area contributed by atoms with E-state index in [9.17, 15) is 4.79 Å². The molecule has 1 fully saturated rings. The molecule has 4 nitrogen and oxygen atoms in total. The van der Waals surface area contributed by atoms with Crippen LogP contribution in [-0.2, 0) is 11.3 Å². The van der Waals surface area contributed by atoms with Crippen LogP contribution in [0.15, 0.2) is 36.9 Å². The number of hydrogen-bond acceptors (Lipinski definition) is 3. The van der Waals surface area contributed by atoms with Crippen molar-refractivity contribution in [2.24, 2.45) is 0 Å². The number of fused-ring (bicyclic) bond motifs is 1. The van der Waals surface area contributed by atoms with E-state index in [1.165, 1.54) is 23.1 Å². The lowest BCUT2D eigenvalue weighted by atomic mass is 9.82. The third-order valence-corrected chi connectivity index (χ3v) is 6.43. The Morgan fingerprint density at radius 1 is 1.33 bits per heavy atom. The van der Waals surface area contributed by atoms with Crippen LogP contribution < -0.4 is 5.32 Å². The van der Waals surface area contributed by atoms with Crippen molar-refractivity contribution in [1.82, 2.24) is 10.2 Å². The Bertz CT molecular complexity index is 783. The van der Waals surface area contributed by atoms with Crippen LogP contribution in [-0.4, -0.2) is 35.2 Å². The van der Waals surface area contributed by atoms with Crippen molar-refractivity contribution in [2.75, 3.05) is 13.1 Å². The van der Waals surface area contributed by atoms with Crippen LogP contribution in [0.2, 0.25) is 0 Å². The Balaban J connectivity index is 1.67. The summed E-state index contributed by atoms with van der Waals surface area (Å²) in [5.41, 5.74) is 3.76. The highest BCUT2D eigenvalue weighted by Gasteiger charge is 2.36. The van der Waals surface area contributed by atoms with E-state index in [-0.39, 0.29) is 11.6 Å². The molecule has 1 atom stereocenters. The van der Waals surface area contributed by atoms with Crippen LogP contribution in [0.1, 0.15) is 82.4 Å². The standard InChI is InChI=1S/C26H38N2O2/c1-6-14-26(15-17-28(18-16-26)24(29)30-25(3,4)5)27-19-21-11-9-12-22-20(7-2)10-8-13-23(21)22/h6,8-9,11-13,20,27H,1,7,10,14-19H2,2-5H3. The number of nitrogens with one attached hydrogen (secondary N) is 1. The molecule has 1 aromatic carbocycles. The molecule has 2 aliphatic rings. The molecule has 1 aliphatic carbocycles. The highest BCUT2D eigenvalue weighted by Crippen LogP contribution is 2.34. The number of likely N-dealkylation sites (tertiary alicyclic amines) is 1. The first-order valence-corrected chi connectivity index (χ1v) is 11.4. The van der Waals surface area contributed by atoms with Crippen molar-refractivity contribution in [3.63, 3.8) is 0 Å². The molecule has 1 aromatic rings. The van der Waals surface area contributed by atoms with E-state index in [0.717, 1.165) is 32.2 Å². The third-order valence-electron chi connectivity index (χ3n) is 6.43. The average Bonchev–Trinajstić information content (AvgIpc) is 2.71. The Morgan fingerprint density at radius 3 is 2.70 bits per heavy atom. The van der Waals surface area contributed by atoms with Crippen molar-refractivity contribution in [2.45, 2.75) is 83.4 Å². The zero-order chi connectivity index (χ0) is 21.8. The number of ether oxygens (including phenoxy) is 1. The van der Waals surface area contributed by atoms with E-state index < -0.39 is 5.60 Å². The molecule has 1 saturated heterocycles. The normalized spacial score (nSPS) is 20.5. The number of amides is 1. The van der Waals surface area contributed by atoms with Crippen LogP contribution in [0.3, 0.4) is 0 Å². The van der Waals surface area contributed by atoms with Gasteiger partial charge in [-0.2, -0.15) is 0 Å². The molecule has 1 unspecified atom stereocenters. The Morgan fingerprint density at radius 2 is 2.07 bits per heavy atom. The first-order chi connectivity index (χ1) is 14.3. The fourth-order valence-electron chi connectivity index (χ4n) is 4.67. The number of piperidine rings is 1. The van der Waals surface area contributed by atoms with Gasteiger partial charge in [-0.05, 0) is 75.5 Å². The van der Waals surface area contributed by atoms with Gasteiger partial charge in [0.2, 0.25) is 0 Å². The fourth-order valence-corrected chi connectivity index (χ4v) is 4.67. The summed E-state index contributed by atoms with van der Waals surface area (Å²) >= 11 is 0. The first-order valence-electron chi connectivity index (χ1n) is 11.4. The van der Waals surface area contributed by atoms with E-state index in [0.29, 0.717) is 19.0 Å². The van der Waals surface area contributed by atoms with Crippen molar-refractivity contribution >= 4 is 12.2 Å². The number of allylic oxidation sites excluding steroid dienone is 1. The van der Waals surface area contributed by atoms with Gasteiger partial charge in [0, 0.05) is 25.2 Å². The molecule has 1 heterocycles. The summed E-state index contributed by atoms with van der Waals surface area (Å²) in [6, 6.07) is 6.73. The highest BCUT2D eigenvalue weighted by atomic mass is 16.6. The van der Waals surface area contributed by atoms with Gasteiger partial charge < -0.3 is 15.0 Å². The number of carbonyl (C=O) groups is 1. The number of nitrogens with zero attached hydrogens (tertiary/aromatic N) is 1. The van der Waals surface area contributed by atoms with E-state index in [1.54, 1.807) is 0 Å². The number of hydrogen-bond donors (Lipinski definition) is 1. The van der Waals surface area contributed by atoms with Gasteiger partial charge in [-0.15, -0.1) is 6.58 Å². The van der Waals surface area contributed by atoms with Crippen molar-refractivity contribution in [1.29, 1.82) is 0 Å². The maximum atomic E-state index is 12.4. The maximum Gasteiger partial charge on any atom is 0.410 e. The smallest absolute Gasteiger partial charge is 0.410 e. The van der Waals surface area contributed by atoms with Crippen molar-refractivity contribution in [3.8, 4) is 0 Å². The molecule has 0 spiro atoms. The fraction of sp³-hybridized carbons (Fsp3) is 0.577. The molecule has 164 valence electrons. The van der Waals surface area contributed by atoms with Gasteiger partial charge in [0.15, 0.2) is 0 Å². The largest absolute Gasteiger partial charge is 0.444 e. The van der Waals surface area contributed by atoms with Gasteiger partial charge in [0.1, 0.15) is 5.60 Å². The van der Waals surface area contributed by atoms with Crippen molar-refractivity contribution in [3.05, 3.63) is 53.6 Å². The van der Waals surface area contributed by atoms with Crippen LogP contribution in [0.4, 0.5) is 4.79 Å². The van der Waals surface area contributed by atoms with Gasteiger partial charge in [-0.25, -0.2) is 4.79 Å². The van der Waals surface area contributed by atoms with Crippen LogP contribution in [0.5, 0.6) is 0 Å². The van der Waals surface area contributed by atoms with E-state index >= 15 is 0 Å². The van der Waals surface area contributed by atoms with Gasteiger partial charge in [0.05, 0.1) is 0 Å². The molecule has 0 aromatic heterocycles. The van der Waals surface area contributed by atoms with Gasteiger partial charge in [0.25, 0.3) is 0 Å². The SMILES string of the molecule is C=CCC1(NCc2cccc3c2C=CCC3CC)CCN(C(=O)OC(C)(C)C)CC1. The predicted octanol–water partition coefficient (Wildman–Crippen LogP) is 6.03. The molecule has 1 aliphatic heterocycles. The second-order valence-corrected chi connectivity index (χ2v) is 9.76. The zero-order valence-corrected chi connectivity index (χ0v) is 19.2. The van der Waals surface area contributed by atoms with Crippen molar-refractivity contribution < 1.29 is 9.53 Å². The third kappa shape index (κ3) is 5.34. The molecule has 1 amide bonds. The quantitative estimate of drug-likeness (QED) is 0.582. The summed E-state index contributed by atoms with van der Waals surface area (Å²) < 4.78 is 5.56. The van der Waals surface area contributed by atoms with Crippen LogP contribution in [0.25, 0.3) is 6.08 Å². The van der Waals surface area contributed by atoms with Crippen LogP contribution in [0, 0.1) is 0 Å². The average molecular weight is 411 g/mol. The monoisotopic (exact) mass is 410 g/mol. The number of rotatable bonds is 6. The predicted molar refractivity (Wildman–Crippen MR) is 125 cm³/mol. The minimum atomic E-state index is -0.457.